The van der Waals surface area contributed by atoms with E-state index in [9.17, 15) is 0 Å². The summed E-state index contributed by atoms with van der Waals surface area (Å²) in [6.45, 7) is 5.08. The number of fused-ring (bicyclic) bond motifs is 1. The molecule has 3 heteroatoms. The van der Waals surface area contributed by atoms with E-state index in [1.54, 1.807) is 0 Å². The molecular formula is C16H15BrN2. The summed E-state index contributed by atoms with van der Waals surface area (Å²) in [7, 11) is 0. The zero-order chi connectivity index (χ0) is 13.4. The molecule has 0 atom stereocenters. The minimum absolute atomic E-state index is 0.895. The van der Waals surface area contributed by atoms with Crippen LogP contribution in [0.1, 0.15) is 19.4 Å². The molecule has 2 aliphatic rings. The molecule has 0 unspecified atom stereocenters. The summed E-state index contributed by atoms with van der Waals surface area (Å²) in [4.78, 5) is 6.97. The van der Waals surface area contributed by atoms with Crippen LogP contribution in [0.3, 0.4) is 0 Å². The van der Waals surface area contributed by atoms with Gasteiger partial charge in [0.25, 0.3) is 0 Å². The highest BCUT2D eigenvalue weighted by atomic mass is 79.9. The molecule has 0 saturated heterocycles. The van der Waals surface area contributed by atoms with E-state index < -0.39 is 0 Å². The number of halogens is 1. The van der Waals surface area contributed by atoms with E-state index >= 15 is 0 Å². The minimum atomic E-state index is 0.895. The highest BCUT2D eigenvalue weighted by Gasteiger charge is 2.21. The van der Waals surface area contributed by atoms with Gasteiger partial charge >= 0.3 is 0 Å². The molecule has 96 valence electrons. The standard InChI is InChI=1S/C16H15BrN2/c1-11-9-12(2)19-8-4-7-15(16(19)18-11)13-5-3-6-14(17)10-13/h3-7,9-10H,8H2,1-2H3. The highest BCUT2D eigenvalue weighted by molar-refractivity contribution is 9.10. The maximum Gasteiger partial charge on any atom is 0.141 e. The summed E-state index contributed by atoms with van der Waals surface area (Å²) in [6.07, 6.45) is 6.48. The molecule has 0 spiro atoms. The van der Waals surface area contributed by atoms with E-state index in [0.29, 0.717) is 0 Å². The van der Waals surface area contributed by atoms with Crippen LogP contribution in [0, 0.1) is 0 Å². The lowest BCUT2D eigenvalue weighted by Gasteiger charge is -2.32. The molecule has 0 saturated carbocycles. The van der Waals surface area contributed by atoms with E-state index in [4.69, 9.17) is 4.99 Å². The van der Waals surface area contributed by atoms with Crippen LogP contribution in [0.2, 0.25) is 0 Å². The SMILES string of the molecule is CC1=CC(C)=NC2=C(c3cccc(Br)c3)C=CCN12. The first-order chi connectivity index (χ1) is 9.15. The summed E-state index contributed by atoms with van der Waals surface area (Å²) in [6, 6.07) is 8.36. The predicted octanol–water partition coefficient (Wildman–Crippen LogP) is 4.37. The Morgan fingerprint density at radius 3 is 2.89 bits per heavy atom. The first kappa shape index (κ1) is 12.4. The fourth-order valence-corrected chi connectivity index (χ4v) is 2.87. The Morgan fingerprint density at radius 1 is 1.26 bits per heavy atom. The number of aliphatic imine (C=N–C) groups is 1. The third-order valence-electron chi connectivity index (χ3n) is 3.33. The third-order valence-corrected chi connectivity index (χ3v) is 3.82. The Kier molecular flexibility index (Phi) is 3.15. The van der Waals surface area contributed by atoms with Crippen molar-refractivity contribution in [1.29, 1.82) is 0 Å². The van der Waals surface area contributed by atoms with E-state index in [-0.39, 0.29) is 0 Å². The number of allylic oxidation sites excluding steroid dienone is 4. The quantitative estimate of drug-likeness (QED) is 0.751. The number of hydrogen-bond acceptors (Lipinski definition) is 2. The van der Waals surface area contributed by atoms with Crippen LogP contribution in [0.5, 0.6) is 0 Å². The summed E-state index contributed by atoms with van der Waals surface area (Å²) in [5, 5.41) is 0. The number of nitrogens with zero attached hydrogens (tertiary/aromatic N) is 2. The van der Waals surface area contributed by atoms with Crippen molar-refractivity contribution in [3.63, 3.8) is 0 Å². The van der Waals surface area contributed by atoms with Gasteiger partial charge in [-0.25, -0.2) is 4.99 Å². The summed E-state index contributed by atoms with van der Waals surface area (Å²) in [5.41, 5.74) is 4.68. The van der Waals surface area contributed by atoms with Gasteiger partial charge < -0.3 is 4.90 Å². The minimum Gasteiger partial charge on any atom is -0.326 e. The summed E-state index contributed by atoms with van der Waals surface area (Å²) >= 11 is 3.53. The molecule has 2 nitrogen and oxygen atoms in total. The average Bonchev–Trinajstić information content (AvgIpc) is 2.38. The zero-order valence-electron chi connectivity index (χ0n) is 11.0. The third kappa shape index (κ3) is 2.30. The Morgan fingerprint density at radius 2 is 2.11 bits per heavy atom. The zero-order valence-corrected chi connectivity index (χ0v) is 12.6. The van der Waals surface area contributed by atoms with Gasteiger partial charge in [0, 0.05) is 28.0 Å². The molecule has 1 aromatic carbocycles. The fourth-order valence-electron chi connectivity index (χ4n) is 2.47. The lowest BCUT2D eigenvalue weighted by molar-refractivity contribution is 0.462. The van der Waals surface area contributed by atoms with Crippen molar-refractivity contribution in [3.05, 3.63) is 64.0 Å². The van der Waals surface area contributed by atoms with Crippen LogP contribution in [0.15, 0.2) is 63.5 Å². The number of hydrogen-bond donors (Lipinski definition) is 0. The first-order valence-corrected chi connectivity index (χ1v) is 7.12. The van der Waals surface area contributed by atoms with Crippen molar-refractivity contribution >= 4 is 27.2 Å². The van der Waals surface area contributed by atoms with E-state index in [2.05, 4.69) is 64.2 Å². The van der Waals surface area contributed by atoms with E-state index in [0.717, 1.165) is 22.6 Å². The molecule has 0 N–H and O–H groups in total. The molecular weight excluding hydrogens is 300 g/mol. The number of benzene rings is 1. The average molecular weight is 315 g/mol. The molecule has 3 rings (SSSR count). The Labute approximate surface area is 122 Å². The second-order valence-electron chi connectivity index (χ2n) is 4.80. The van der Waals surface area contributed by atoms with Crippen molar-refractivity contribution < 1.29 is 0 Å². The second-order valence-corrected chi connectivity index (χ2v) is 5.72. The molecule has 0 radical (unpaired) electrons. The number of rotatable bonds is 1. The lowest BCUT2D eigenvalue weighted by atomic mass is 10.0. The largest absolute Gasteiger partial charge is 0.326 e. The van der Waals surface area contributed by atoms with Crippen LogP contribution in [-0.2, 0) is 0 Å². The van der Waals surface area contributed by atoms with Gasteiger partial charge in [0.05, 0.1) is 0 Å². The summed E-state index contributed by atoms with van der Waals surface area (Å²) < 4.78 is 1.09. The van der Waals surface area contributed by atoms with Crippen LogP contribution in [0.4, 0.5) is 0 Å². The molecule has 2 aliphatic heterocycles. The van der Waals surface area contributed by atoms with Crippen LogP contribution in [-0.4, -0.2) is 17.2 Å². The van der Waals surface area contributed by atoms with Gasteiger partial charge in [-0.2, -0.15) is 0 Å². The molecule has 0 amide bonds. The van der Waals surface area contributed by atoms with Gasteiger partial charge in [-0.1, -0.05) is 40.2 Å². The molecule has 0 aromatic heterocycles. The summed E-state index contributed by atoms with van der Waals surface area (Å²) in [5.74, 6) is 1.05. The second kappa shape index (κ2) is 4.82. The molecule has 0 bridgehead atoms. The molecule has 2 heterocycles. The van der Waals surface area contributed by atoms with Crippen molar-refractivity contribution in [2.45, 2.75) is 13.8 Å². The van der Waals surface area contributed by atoms with Crippen molar-refractivity contribution in [2.24, 2.45) is 4.99 Å². The Hall–Kier alpha value is -1.61. The van der Waals surface area contributed by atoms with E-state index in [1.807, 2.05) is 13.0 Å². The predicted molar refractivity (Wildman–Crippen MR) is 83.8 cm³/mol. The molecule has 1 aromatic rings. The van der Waals surface area contributed by atoms with Gasteiger partial charge in [-0.15, -0.1) is 0 Å². The van der Waals surface area contributed by atoms with Crippen molar-refractivity contribution in [1.82, 2.24) is 4.90 Å². The fraction of sp³-hybridized carbons (Fsp3) is 0.188. The molecule has 19 heavy (non-hydrogen) atoms. The van der Waals surface area contributed by atoms with Crippen LogP contribution < -0.4 is 0 Å². The van der Waals surface area contributed by atoms with E-state index in [1.165, 1.54) is 16.8 Å². The smallest absolute Gasteiger partial charge is 0.141 e. The Balaban J connectivity index is 2.17. The Bertz CT molecular complexity index is 650. The topological polar surface area (TPSA) is 15.6 Å². The maximum atomic E-state index is 4.72. The van der Waals surface area contributed by atoms with Gasteiger partial charge in [-0.3, -0.25) is 0 Å². The van der Waals surface area contributed by atoms with Crippen LogP contribution in [0.25, 0.3) is 5.57 Å². The van der Waals surface area contributed by atoms with Crippen molar-refractivity contribution in [2.75, 3.05) is 6.54 Å². The monoisotopic (exact) mass is 314 g/mol. The highest BCUT2D eigenvalue weighted by Crippen LogP contribution is 2.32. The van der Waals surface area contributed by atoms with Gasteiger partial charge in [0.15, 0.2) is 0 Å². The van der Waals surface area contributed by atoms with Gasteiger partial charge in [0.1, 0.15) is 5.82 Å². The molecule has 0 fully saturated rings. The molecule has 0 aliphatic carbocycles. The maximum absolute atomic E-state index is 4.72. The van der Waals surface area contributed by atoms with Gasteiger partial charge in [0.2, 0.25) is 0 Å². The first-order valence-electron chi connectivity index (χ1n) is 6.33. The van der Waals surface area contributed by atoms with Crippen LogP contribution >= 0.6 is 15.9 Å². The van der Waals surface area contributed by atoms with Gasteiger partial charge in [-0.05, 0) is 37.6 Å². The van der Waals surface area contributed by atoms with Crippen molar-refractivity contribution in [3.8, 4) is 0 Å². The normalized spacial score (nSPS) is 18.2. The lowest BCUT2D eigenvalue weighted by Crippen LogP contribution is -2.27.